The molecule has 1 aromatic carbocycles. The van der Waals surface area contributed by atoms with E-state index in [4.69, 9.17) is 10.5 Å². The van der Waals surface area contributed by atoms with E-state index in [9.17, 15) is 13.2 Å². The molecule has 1 aromatic rings. The Morgan fingerprint density at radius 3 is 2.56 bits per heavy atom. The van der Waals surface area contributed by atoms with Gasteiger partial charge in [-0.2, -0.15) is 13.2 Å². The lowest BCUT2D eigenvalue weighted by atomic mass is 9.90. The van der Waals surface area contributed by atoms with E-state index < -0.39 is 17.6 Å². The summed E-state index contributed by atoms with van der Waals surface area (Å²) in [4.78, 5) is 0. The lowest BCUT2D eigenvalue weighted by Gasteiger charge is -2.24. The minimum Gasteiger partial charge on any atom is -0.497 e. The fourth-order valence-electron chi connectivity index (χ4n) is 2.05. The van der Waals surface area contributed by atoms with E-state index in [-0.39, 0.29) is 12.0 Å². The van der Waals surface area contributed by atoms with Gasteiger partial charge in [-0.15, -0.1) is 0 Å². The largest absolute Gasteiger partial charge is 0.497 e. The van der Waals surface area contributed by atoms with Gasteiger partial charge < -0.3 is 10.5 Å². The van der Waals surface area contributed by atoms with E-state index in [0.717, 1.165) is 0 Å². The van der Waals surface area contributed by atoms with E-state index in [1.165, 1.54) is 19.2 Å². The van der Waals surface area contributed by atoms with Crippen LogP contribution in [0.25, 0.3) is 0 Å². The van der Waals surface area contributed by atoms with Crippen molar-refractivity contribution in [2.75, 3.05) is 7.11 Å². The Balaban J connectivity index is 2.27. The minimum absolute atomic E-state index is 0.0519. The number of methoxy groups -OCH3 is 1. The maximum absolute atomic E-state index is 13.1. The number of hydrogen-bond donors (Lipinski definition) is 1. The molecular formula is C13H16F3NO. The van der Waals surface area contributed by atoms with Crippen molar-refractivity contribution >= 4 is 0 Å². The highest BCUT2D eigenvalue weighted by Gasteiger charge is 2.49. The van der Waals surface area contributed by atoms with Crippen molar-refractivity contribution in [1.82, 2.24) is 0 Å². The molecule has 0 spiro atoms. The molecule has 0 aromatic heterocycles. The van der Waals surface area contributed by atoms with E-state index >= 15 is 0 Å². The monoisotopic (exact) mass is 259 g/mol. The van der Waals surface area contributed by atoms with Gasteiger partial charge in [0.25, 0.3) is 0 Å². The number of benzene rings is 1. The Bertz CT molecular complexity index is 426. The van der Waals surface area contributed by atoms with Crippen molar-refractivity contribution in [3.8, 4) is 5.75 Å². The Morgan fingerprint density at radius 2 is 2.06 bits per heavy atom. The summed E-state index contributed by atoms with van der Waals surface area (Å²) < 4.78 is 44.3. The Labute approximate surface area is 104 Å². The second-order valence-corrected chi connectivity index (χ2v) is 4.94. The molecule has 0 radical (unpaired) electrons. The highest BCUT2D eigenvalue weighted by molar-refractivity contribution is 5.32. The molecule has 0 aliphatic heterocycles. The minimum atomic E-state index is -4.28. The summed E-state index contributed by atoms with van der Waals surface area (Å²) in [6, 6.07) is 6.12. The number of nitrogens with two attached hydrogens (primary N) is 1. The van der Waals surface area contributed by atoms with Crippen molar-refractivity contribution in [1.29, 1.82) is 0 Å². The van der Waals surface area contributed by atoms with E-state index in [0.29, 0.717) is 18.6 Å². The highest BCUT2D eigenvalue weighted by Crippen LogP contribution is 2.47. The first-order valence-electron chi connectivity index (χ1n) is 5.84. The summed E-state index contributed by atoms with van der Waals surface area (Å²) in [7, 11) is 1.44. The average molecular weight is 259 g/mol. The molecule has 1 fully saturated rings. The lowest BCUT2D eigenvalue weighted by molar-refractivity contribution is -0.153. The molecule has 0 saturated heterocycles. The van der Waals surface area contributed by atoms with Gasteiger partial charge in [0.05, 0.1) is 13.0 Å². The summed E-state index contributed by atoms with van der Waals surface area (Å²) in [6.45, 7) is 0. The van der Waals surface area contributed by atoms with Crippen LogP contribution in [0.1, 0.15) is 30.7 Å². The standard InChI is InChI=1S/C13H16F3NO/c1-18-10-4-2-3-9(7-10)11(13(14,15)16)8-12(17)5-6-12/h2-4,7,11H,5-6,8,17H2,1H3. The molecule has 1 aliphatic rings. The second kappa shape index (κ2) is 4.46. The predicted molar refractivity (Wildman–Crippen MR) is 62.6 cm³/mol. The molecule has 100 valence electrons. The van der Waals surface area contributed by atoms with Crippen molar-refractivity contribution < 1.29 is 17.9 Å². The molecule has 2 nitrogen and oxygen atoms in total. The molecule has 0 bridgehead atoms. The molecule has 1 atom stereocenters. The number of hydrogen-bond acceptors (Lipinski definition) is 2. The Hall–Kier alpha value is -1.23. The fourth-order valence-corrected chi connectivity index (χ4v) is 2.05. The Kier molecular flexibility index (Phi) is 3.27. The second-order valence-electron chi connectivity index (χ2n) is 4.94. The van der Waals surface area contributed by atoms with Crippen LogP contribution in [0.3, 0.4) is 0 Å². The van der Waals surface area contributed by atoms with E-state index in [1.807, 2.05) is 0 Å². The summed E-state index contributed by atoms with van der Waals surface area (Å²) in [5.41, 5.74) is 5.41. The molecule has 2 N–H and O–H groups in total. The van der Waals surface area contributed by atoms with Crippen molar-refractivity contribution in [2.45, 2.75) is 36.9 Å². The van der Waals surface area contributed by atoms with Gasteiger partial charge in [-0.05, 0) is 37.0 Å². The lowest BCUT2D eigenvalue weighted by Crippen LogP contribution is -2.31. The van der Waals surface area contributed by atoms with Gasteiger partial charge in [0.15, 0.2) is 0 Å². The first-order valence-corrected chi connectivity index (χ1v) is 5.84. The molecular weight excluding hydrogens is 243 g/mol. The molecule has 18 heavy (non-hydrogen) atoms. The van der Waals surface area contributed by atoms with Gasteiger partial charge in [0.2, 0.25) is 0 Å². The summed E-state index contributed by atoms with van der Waals surface area (Å²) in [5.74, 6) is -1.08. The van der Waals surface area contributed by atoms with Crippen LogP contribution in [0.15, 0.2) is 24.3 Å². The maximum atomic E-state index is 13.1. The first kappa shape index (κ1) is 13.2. The predicted octanol–water partition coefficient (Wildman–Crippen LogP) is 3.22. The quantitative estimate of drug-likeness (QED) is 0.901. The van der Waals surface area contributed by atoms with Gasteiger partial charge >= 0.3 is 6.18 Å². The van der Waals surface area contributed by atoms with Crippen LogP contribution in [0.2, 0.25) is 0 Å². The molecule has 1 aliphatic carbocycles. The van der Waals surface area contributed by atoms with Crippen LogP contribution < -0.4 is 10.5 Å². The van der Waals surface area contributed by atoms with Crippen LogP contribution in [-0.4, -0.2) is 18.8 Å². The summed E-state index contributed by atoms with van der Waals surface area (Å²) >= 11 is 0. The normalized spacial score (nSPS) is 19.4. The number of ether oxygens (including phenoxy) is 1. The topological polar surface area (TPSA) is 35.2 Å². The highest BCUT2D eigenvalue weighted by atomic mass is 19.4. The average Bonchev–Trinajstić information content (AvgIpc) is 3.03. The maximum Gasteiger partial charge on any atom is 0.395 e. The zero-order valence-electron chi connectivity index (χ0n) is 10.1. The van der Waals surface area contributed by atoms with Gasteiger partial charge in [-0.25, -0.2) is 0 Å². The van der Waals surface area contributed by atoms with Crippen molar-refractivity contribution in [3.63, 3.8) is 0 Å². The molecule has 1 saturated carbocycles. The third kappa shape index (κ3) is 2.96. The first-order chi connectivity index (χ1) is 8.34. The molecule has 2 rings (SSSR count). The van der Waals surface area contributed by atoms with Gasteiger partial charge in [-0.3, -0.25) is 0 Å². The van der Waals surface area contributed by atoms with Gasteiger partial charge in [-0.1, -0.05) is 12.1 Å². The number of rotatable bonds is 4. The van der Waals surface area contributed by atoms with Crippen LogP contribution in [0, 0.1) is 0 Å². The van der Waals surface area contributed by atoms with Crippen LogP contribution >= 0.6 is 0 Å². The van der Waals surface area contributed by atoms with Crippen LogP contribution in [0.5, 0.6) is 5.75 Å². The third-order valence-corrected chi connectivity index (χ3v) is 3.39. The molecule has 0 amide bonds. The van der Waals surface area contributed by atoms with E-state index in [1.54, 1.807) is 12.1 Å². The third-order valence-electron chi connectivity index (χ3n) is 3.39. The summed E-state index contributed by atoms with van der Waals surface area (Å²) in [6.07, 6.45) is -2.99. The Morgan fingerprint density at radius 1 is 1.39 bits per heavy atom. The smallest absolute Gasteiger partial charge is 0.395 e. The molecule has 1 unspecified atom stereocenters. The van der Waals surface area contributed by atoms with Gasteiger partial charge in [0, 0.05) is 5.54 Å². The van der Waals surface area contributed by atoms with Gasteiger partial charge in [0.1, 0.15) is 5.75 Å². The van der Waals surface area contributed by atoms with Crippen LogP contribution in [-0.2, 0) is 0 Å². The molecule has 5 heteroatoms. The zero-order chi connectivity index (χ0) is 13.4. The summed E-state index contributed by atoms with van der Waals surface area (Å²) in [5, 5.41) is 0. The number of halogens is 3. The fraction of sp³-hybridized carbons (Fsp3) is 0.538. The zero-order valence-corrected chi connectivity index (χ0v) is 10.1. The van der Waals surface area contributed by atoms with Crippen molar-refractivity contribution in [3.05, 3.63) is 29.8 Å². The number of alkyl halides is 3. The van der Waals surface area contributed by atoms with Crippen LogP contribution in [0.4, 0.5) is 13.2 Å². The SMILES string of the molecule is COc1cccc(C(CC2(N)CC2)C(F)(F)F)c1. The molecule has 0 heterocycles. The van der Waals surface area contributed by atoms with Crippen molar-refractivity contribution in [2.24, 2.45) is 5.73 Å². The van der Waals surface area contributed by atoms with E-state index in [2.05, 4.69) is 0 Å².